The van der Waals surface area contributed by atoms with Crippen LogP contribution in [-0.4, -0.2) is 53.8 Å². The fourth-order valence-corrected chi connectivity index (χ4v) is 5.21. The lowest BCUT2D eigenvalue weighted by molar-refractivity contribution is -0.131. The Hall–Kier alpha value is -4.92. The molecule has 3 N–H and O–H groups in total. The number of aliphatic imine (C=N–C) groups is 2. The molecule has 40 heavy (non-hydrogen) atoms. The number of pyridine rings is 1. The smallest absolute Gasteiger partial charge is 0.308 e. The van der Waals surface area contributed by atoms with Crippen LogP contribution in [0.25, 0.3) is 44.6 Å². The first-order valence-electron chi connectivity index (χ1n) is 13.5. The average molecular weight is 533 g/mol. The number of fused-ring (bicyclic) bond motifs is 2. The highest BCUT2D eigenvalue weighted by Gasteiger charge is 2.20. The van der Waals surface area contributed by atoms with Crippen molar-refractivity contribution in [1.82, 2.24) is 20.6 Å². The second-order valence-electron chi connectivity index (χ2n) is 10.00. The minimum absolute atomic E-state index is 0.391. The maximum Gasteiger partial charge on any atom is 0.308 e. The molecular formula is C31H28N6O3. The van der Waals surface area contributed by atoms with E-state index in [9.17, 15) is 4.79 Å². The van der Waals surface area contributed by atoms with Crippen LogP contribution < -0.4 is 15.4 Å². The lowest BCUT2D eigenvalue weighted by atomic mass is 10.1. The molecule has 0 saturated heterocycles. The second-order valence-corrected chi connectivity index (χ2v) is 10.00. The van der Waals surface area contributed by atoms with Crippen LogP contribution in [0.4, 0.5) is 0 Å². The lowest BCUT2D eigenvalue weighted by Gasteiger charge is -2.14. The summed E-state index contributed by atoms with van der Waals surface area (Å²) in [6.07, 6.45) is 3.85. The molecule has 2 aromatic carbocycles. The van der Waals surface area contributed by atoms with E-state index in [1.165, 1.54) is 6.92 Å². The fourth-order valence-electron chi connectivity index (χ4n) is 5.21. The molecular weight excluding hydrogens is 504 g/mol. The summed E-state index contributed by atoms with van der Waals surface area (Å²) >= 11 is 0. The van der Waals surface area contributed by atoms with E-state index < -0.39 is 5.97 Å². The number of nitrogens with one attached hydrogen (secondary N) is 3. The molecule has 9 heteroatoms. The van der Waals surface area contributed by atoms with Crippen molar-refractivity contribution in [3.63, 3.8) is 0 Å². The summed E-state index contributed by atoms with van der Waals surface area (Å²) in [5, 5.41) is 8.54. The number of furan rings is 1. The highest BCUT2D eigenvalue weighted by atomic mass is 16.5. The second kappa shape index (κ2) is 10.00. The molecule has 0 amide bonds. The molecule has 9 nitrogen and oxygen atoms in total. The minimum Gasteiger partial charge on any atom is -0.456 e. The zero-order valence-electron chi connectivity index (χ0n) is 22.1. The maximum atomic E-state index is 12.0. The molecule has 0 atom stereocenters. The molecule has 7 rings (SSSR count). The third-order valence-corrected chi connectivity index (χ3v) is 7.16. The van der Waals surface area contributed by atoms with Gasteiger partial charge < -0.3 is 24.8 Å². The summed E-state index contributed by atoms with van der Waals surface area (Å²) in [4.78, 5) is 29.3. The lowest BCUT2D eigenvalue weighted by Crippen LogP contribution is -2.30. The number of hydrogen-bond acceptors (Lipinski definition) is 8. The number of H-pyrrole nitrogens is 1. The summed E-state index contributed by atoms with van der Waals surface area (Å²) in [5.74, 6) is 2.59. The van der Waals surface area contributed by atoms with Gasteiger partial charge in [0.15, 0.2) is 5.75 Å². The van der Waals surface area contributed by atoms with E-state index in [1.54, 1.807) is 6.20 Å². The van der Waals surface area contributed by atoms with Crippen molar-refractivity contribution in [2.24, 2.45) is 9.98 Å². The molecule has 0 bridgehead atoms. The standard InChI is InChI=1S/C31H28N6O3/c1-18(38)39-29-23-8-6-20(30-32-10-2-11-33-30)14-25(23)37-28(29)24-9-7-22(17-36-24)27-15-19-4-5-21(16-26(19)40-27)31-34-12-3-13-35-31/h4-9,14-17,37H,2-3,10-13H2,1H3,(H,32,33)(H,34,35). The van der Waals surface area contributed by atoms with Crippen LogP contribution in [0.1, 0.15) is 30.9 Å². The number of carbonyl (C=O) groups is 1. The van der Waals surface area contributed by atoms with Gasteiger partial charge in [0.2, 0.25) is 0 Å². The zero-order chi connectivity index (χ0) is 27.1. The number of esters is 1. The van der Waals surface area contributed by atoms with Crippen molar-refractivity contribution in [1.29, 1.82) is 0 Å². The van der Waals surface area contributed by atoms with E-state index in [0.29, 0.717) is 17.1 Å². The Labute approximate surface area is 230 Å². The summed E-state index contributed by atoms with van der Waals surface area (Å²) in [5.41, 5.74) is 5.80. The van der Waals surface area contributed by atoms with Gasteiger partial charge in [-0.15, -0.1) is 0 Å². The van der Waals surface area contributed by atoms with Gasteiger partial charge in [-0.1, -0.05) is 18.2 Å². The fraction of sp³-hybridized carbons (Fsp3) is 0.226. The van der Waals surface area contributed by atoms with Crippen molar-refractivity contribution >= 4 is 39.5 Å². The summed E-state index contributed by atoms with van der Waals surface area (Å²) < 4.78 is 11.9. The van der Waals surface area contributed by atoms with Gasteiger partial charge >= 0.3 is 5.97 Å². The van der Waals surface area contributed by atoms with Crippen LogP contribution >= 0.6 is 0 Å². The van der Waals surface area contributed by atoms with Crippen LogP contribution in [0.15, 0.2) is 75.2 Å². The van der Waals surface area contributed by atoms with Crippen LogP contribution in [0.2, 0.25) is 0 Å². The SMILES string of the molecule is CC(=O)Oc1c(-c2ccc(-c3cc4ccc(C5=NCCCN5)cc4o3)cn2)[nH]c2cc(C3=NCCCN3)ccc12. The van der Waals surface area contributed by atoms with E-state index in [1.807, 2.05) is 42.5 Å². The van der Waals surface area contributed by atoms with Crippen LogP contribution in [0.5, 0.6) is 5.75 Å². The number of hydrogen-bond donors (Lipinski definition) is 3. The van der Waals surface area contributed by atoms with Crippen molar-refractivity contribution < 1.29 is 13.9 Å². The molecule has 0 spiro atoms. The Bertz CT molecular complexity index is 1810. The molecule has 0 fully saturated rings. The molecule has 0 saturated carbocycles. The Morgan fingerprint density at radius 2 is 1.60 bits per heavy atom. The Morgan fingerprint density at radius 3 is 2.27 bits per heavy atom. The molecule has 0 aliphatic carbocycles. The van der Waals surface area contributed by atoms with E-state index in [2.05, 4.69) is 37.7 Å². The quantitative estimate of drug-likeness (QED) is 0.273. The Kier molecular flexibility index (Phi) is 6.03. The van der Waals surface area contributed by atoms with Gasteiger partial charge in [-0.05, 0) is 49.2 Å². The van der Waals surface area contributed by atoms with E-state index >= 15 is 0 Å². The van der Waals surface area contributed by atoms with Gasteiger partial charge in [-0.2, -0.15) is 0 Å². The van der Waals surface area contributed by atoms with Crippen molar-refractivity contribution in [2.75, 3.05) is 26.2 Å². The number of nitrogens with zero attached hydrogens (tertiary/aromatic N) is 3. The van der Waals surface area contributed by atoms with Gasteiger partial charge in [0, 0.05) is 66.8 Å². The first kappa shape index (κ1) is 24.1. The van der Waals surface area contributed by atoms with Crippen molar-refractivity contribution in [3.8, 4) is 28.5 Å². The predicted octanol–water partition coefficient (Wildman–Crippen LogP) is 5.05. The summed E-state index contributed by atoms with van der Waals surface area (Å²) in [7, 11) is 0. The zero-order valence-corrected chi connectivity index (χ0v) is 22.1. The Morgan fingerprint density at radius 1 is 0.875 bits per heavy atom. The third-order valence-electron chi connectivity index (χ3n) is 7.16. The van der Waals surface area contributed by atoms with Gasteiger partial charge in [0.25, 0.3) is 0 Å². The van der Waals surface area contributed by atoms with Gasteiger partial charge in [0.1, 0.15) is 28.7 Å². The monoisotopic (exact) mass is 532 g/mol. The summed E-state index contributed by atoms with van der Waals surface area (Å²) in [6.45, 7) is 4.88. The molecule has 2 aliphatic heterocycles. The van der Waals surface area contributed by atoms with Gasteiger partial charge in [-0.3, -0.25) is 19.8 Å². The van der Waals surface area contributed by atoms with Crippen molar-refractivity contribution in [2.45, 2.75) is 19.8 Å². The molecule has 3 aromatic heterocycles. The molecule has 2 aliphatic rings. The summed E-state index contributed by atoms with van der Waals surface area (Å²) in [6, 6.07) is 18.0. The number of rotatable bonds is 5. The largest absolute Gasteiger partial charge is 0.456 e. The number of aromatic nitrogens is 2. The van der Waals surface area contributed by atoms with Crippen LogP contribution in [-0.2, 0) is 4.79 Å². The number of ether oxygens (including phenoxy) is 1. The number of amidine groups is 2. The van der Waals surface area contributed by atoms with Crippen LogP contribution in [0.3, 0.4) is 0 Å². The van der Waals surface area contributed by atoms with Crippen LogP contribution in [0, 0.1) is 0 Å². The average Bonchev–Trinajstić information content (AvgIpc) is 3.59. The first-order valence-corrected chi connectivity index (χ1v) is 13.5. The van der Waals surface area contributed by atoms with Gasteiger partial charge in [-0.25, -0.2) is 0 Å². The topological polar surface area (TPSA) is 117 Å². The maximum absolute atomic E-state index is 12.0. The van der Waals surface area contributed by atoms with E-state index in [-0.39, 0.29) is 0 Å². The molecule has 5 aromatic rings. The molecule has 5 heterocycles. The normalized spacial score (nSPS) is 15.3. The molecule has 0 radical (unpaired) electrons. The van der Waals surface area contributed by atoms with Gasteiger partial charge in [0.05, 0.1) is 11.2 Å². The highest BCUT2D eigenvalue weighted by Crippen LogP contribution is 2.38. The number of aromatic amines is 1. The molecule has 200 valence electrons. The predicted molar refractivity (Wildman–Crippen MR) is 156 cm³/mol. The van der Waals surface area contributed by atoms with E-state index in [0.717, 1.165) is 95.0 Å². The van der Waals surface area contributed by atoms with E-state index in [4.69, 9.17) is 14.1 Å². The minimum atomic E-state index is -0.391. The van der Waals surface area contributed by atoms with Crippen molar-refractivity contribution in [3.05, 3.63) is 71.9 Å². The number of carbonyl (C=O) groups excluding carboxylic acids is 1. The Balaban J connectivity index is 1.22. The first-order chi connectivity index (χ1) is 19.6. The highest BCUT2D eigenvalue weighted by molar-refractivity contribution is 6.04. The number of benzene rings is 2. The third kappa shape index (κ3) is 4.49. The molecule has 0 unspecified atom stereocenters.